The van der Waals surface area contributed by atoms with Crippen molar-refractivity contribution in [3.63, 3.8) is 0 Å². The molecule has 0 saturated heterocycles. The van der Waals surface area contributed by atoms with Crippen LogP contribution in [0.1, 0.15) is 58.5 Å². The fourth-order valence-corrected chi connectivity index (χ4v) is 5.38. The van der Waals surface area contributed by atoms with Gasteiger partial charge in [-0.3, -0.25) is 0 Å². The number of anilines is 1. The van der Waals surface area contributed by atoms with Gasteiger partial charge in [0.25, 0.3) is 0 Å². The highest BCUT2D eigenvalue weighted by Gasteiger charge is 2.13. The lowest BCUT2D eigenvalue weighted by Gasteiger charge is -2.08. The van der Waals surface area contributed by atoms with Crippen LogP contribution in [0.4, 0.5) is 5.69 Å². The number of nitrogens with two attached hydrogens (primary N) is 1. The van der Waals surface area contributed by atoms with E-state index in [1.807, 2.05) is 45.0 Å². The first kappa shape index (κ1) is 43.7. The number of methoxy groups -OCH3 is 3. The third kappa shape index (κ3) is 11.1. The van der Waals surface area contributed by atoms with Crippen LogP contribution >= 0.6 is 0 Å². The van der Waals surface area contributed by atoms with Gasteiger partial charge in [-0.25, -0.2) is 34.1 Å². The molecule has 7 aromatic rings. The zero-order chi connectivity index (χ0) is 43.6. The lowest BCUT2D eigenvalue weighted by molar-refractivity contribution is 0.0598. The number of aromatic carboxylic acids is 3. The van der Waals surface area contributed by atoms with E-state index in [1.165, 1.54) is 44.6 Å². The first-order valence-electron chi connectivity index (χ1n) is 17.3. The van der Waals surface area contributed by atoms with Crippen molar-refractivity contribution in [1.82, 2.24) is 15.0 Å². The van der Waals surface area contributed by atoms with Crippen molar-refractivity contribution in [2.45, 2.75) is 20.8 Å². The molecular formula is C43H40N4O12. The largest absolute Gasteiger partial charge is 0.506 e. The molecule has 16 nitrogen and oxygen atoms in total. The maximum absolute atomic E-state index is 11.5. The predicted molar refractivity (Wildman–Crippen MR) is 219 cm³/mol. The molecule has 0 spiro atoms. The minimum Gasteiger partial charge on any atom is -0.506 e. The van der Waals surface area contributed by atoms with E-state index in [2.05, 4.69) is 15.0 Å². The number of pyridine rings is 3. The summed E-state index contributed by atoms with van der Waals surface area (Å²) < 4.78 is 15.1. The molecule has 0 radical (unpaired) electrons. The number of fused-ring (bicyclic) bond motifs is 3. The first-order chi connectivity index (χ1) is 27.9. The minimum absolute atomic E-state index is 0.0247. The summed E-state index contributed by atoms with van der Waals surface area (Å²) in [7, 11) is 4.41. The van der Waals surface area contributed by atoms with Gasteiger partial charge in [0, 0.05) is 33.2 Å². The van der Waals surface area contributed by atoms with E-state index in [1.54, 1.807) is 37.4 Å². The maximum atomic E-state index is 11.5. The molecule has 0 bridgehead atoms. The Morgan fingerprint density at radius 1 is 0.492 bits per heavy atom. The van der Waals surface area contributed by atoms with Gasteiger partial charge in [-0.05, 0) is 93.6 Å². The Bertz CT molecular complexity index is 2720. The Morgan fingerprint density at radius 3 is 1.31 bits per heavy atom. The number of nitrogen functional groups attached to an aromatic ring is 1. The minimum atomic E-state index is -1.08. The summed E-state index contributed by atoms with van der Waals surface area (Å²) in [5.41, 5.74) is 10.6. The van der Waals surface area contributed by atoms with Crippen molar-refractivity contribution in [3.8, 4) is 23.0 Å². The quantitative estimate of drug-likeness (QED) is 0.0551. The Kier molecular flexibility index (Phi) is 14.2. The molecule has 0 atom stereocenters. The maximum Gasteiger partial charge on any atom is 0.338 e. The number of carbonyl (C=O) groups excluding carboxylic acids is 1. The Morgan fingerprint density at radius 2 is 0.881 bits per heavy atom. The fourth-order valence-electron chi connectivity index (χ4n) is 5.38. The normalized spacial score (nSPS) is 10.2. The zero-order valence-corrected chi connectivity index (χ0v) is 32.7. The van der Waals surface area contributed by atoms with Crippen LogP contribution in [0, 0.1) is 20.8 Å². The van der Waals surface area contributed by atoms with Crippen molar-refractivity contribution in [3.05, 3.63) is 130 Å². The van der Waals surface area contributed by atoms with Gasteiger partial charge in [-0.15, -0.1) is 0 Å². The number of phenolic OH excluding ortho intramolecular Hbond substituents is 2. The van der Waals surface area contributed by atoms with Gasteiger partial charge in [-0.1, -0.05) is 18.2 Å². The highest BCUT2D eigenvalue weighted by atomic mass is 16.5. The van der Waals surface area contributed by atoms with Gasteiger partial charge >= 0.3 is 23.9 Å². The van der Waals surface area contributed by atoms with Gasteiger partial charge in [-0.2, -0.15) is 0 Å². The number of aromatic nitrogens is 3. The second-order valence-corrected chi connectivity index (χ2v) is 12.6. The number of hydrogen-bond acceptors (Lipinski definition) is 13. The number of carbonyl (C=O) groups is 4. The third-order valence-corrected chi connectivity index (χ3v) is 8.34. The molecule has 3 aromatic heterocycles. The van der Waals surface area contributed by atoms with Crippen LogP contribution in [0.15, 0.2) is 91.0 Å². The van der Waals surface area contributed by atoms with Crippen LogP contribution in [0.5, 0.6) is 23.0 Å². The number of aromatic hydroxyl groups is 2. The van der Waals surface area contributed by atoms with Crippen molar-refractivity contribution < 1.29 is 58.9 Å². The van der Waals surface area contributed by atoms with Crippen LogP contribution in [0.25, 0.3) is 32.7 Å². The molecule has 0 unspecified atom stereocenters. The lowest BCUT2D eigenvalue weighted by Crippen LogP contribution is -2.02. The highest BCUT2D eigenvalue weighted by molar-refractivity contribution is 5.98. The lowest BCUT2D eigenvalue weighted by atomic mass is 10.1. The van der Waals surface area contributed by atoms with E-state index < -0.39 is 17.9 Å². The van der Waals surface area contributed by atoms with E-state index in [9.17, 15) is 24.3 Å². The Hall–Kier alpha value is -8.01. The summed E-state index contributed by atoms with van der Waals surface area (Å²) in [4.78, 5) is 56.3. The molecule has 7 rings (SSSR count). The number of aryl methyl sites for hydroxylation is 3. The first-order valence-corrected chi connectivity index (χ1v) is 17.3. The molecule has 0 saturated carbocycles. The molecule has 0 aliphatic carbocycles. The summed E-state index contributed by atoms with van der Waals surface area (Å²) in [5, 5.41) is 47.0. The van der Waals surface area contributed by atoms with Crippen LogP contribution in [-0.2, 0) is 4.74 Å². The molecule has 0 amide bonds. The van der Waals surface area contributed by atoms with Gasteiger partial charge < -0.3 is 45.5 Å². The third-order valence-electron chi connectivity index (χ3n) is 8.34. The number of benzene rings is 4. The van der Waals surface area contributed by atoms with Gasteiger partial charge in [0.15, 0.2) is 0 Å². The number of hydrogen-bond donors (Lipinski definition) is 6. The van der Waals surface area contributed by atoms with E-state index in [0.717, 1.165) is 39.4 Å². The molecular weight excluding hydrogens is 764 g/mol. The van der Waals surface area contributed by atoms with E-state index >= 15 is 0 Å². The number of rotatable bonds is 6. The molecule has 0 fully saturated rings. The number of ether oxygens (including phenoxy) is 3. The number of nitrogens with zero attached hydrogens (tertiary/aromatic N) is 3. The van der Waals surface area contributed by atoms with Crippen molar-refractivity contribution in [1.29, 1.82) is 0 Å². The second-order valence-electron chi connectivity index (χ2n) is 12.6. The average molecular weight is 805 g/mol. The van der Waals surface area contributed by atoms with Crippen LogP contribution in [-0.4, -0.2) is 85.7 Å². The number of carboxylic acids is 3. The monoisotopic (exact) mass is 804 g/mol. The average Bonchev–Trinajstić information content (AvgIpc) is 3.21. The summed E-state index contributed by atoms with van der Waals surface area (Å²) in [6.45, 7) is 5.60. The van der Waals surface area contributed by atoms with Crippen molar-refractivity contribution in [2.75, 3.05) is 27.1 Å². The number of carboxylic acid groups (broad SMARTS) is 3. The van der Waals surface area contributed by atoms with Crippen molar-refractivity contribution in [2.24, 2.45) is 0 Å². The standard InChI is InChI=1S/C13H13NO3.C12H11NO3.C11H9NO3.C7H7NO3/c1-8-4-5-9-6-10(13(15)17-3)7-11(16-2)12(9)14-8;1-7-3-4-8-5-9(12(14)15)6-10(16-2)11(8)13-7;1-6-2-3-7-4-8(11(14)15)5-9(13)10(7)12-6;8-5-2-1-4(7(10)11)3-6(5)9/h4-7H,1-3H3;3-6H,1-2H3,(H,14,15);2-5,13H,1H3,(H,14,15);1-3,9H,8H2,(H,10,11). The van der Waals surface area contributed by atoms with Gasteiger partial charge in [0.2, 0.25) is 0 Å². The van der Waals surface area contributed by atoms with Gasteiger partial charge in [0.05, 0.1) is 49.3 Å². The summed E-state index contributed by atoms with van der Waals surface area (Å²) >= 11 is 0. The van der Waals surface area contributed by atoms with Crippen LogP contribution < -0.4 is 15.2 Å². The van der Waals surface area contributed by atoms with Crippen molar-refractivity contribution >= 4 is 62.3 Å². The Labute approximate surface area is 336 Å². The molecule has 0 aliphatic rings. The molecule has 7 N–H and O–H groups in total. The van der Waals surface area contributed by atoms with E-state index in [4.69, 9.17) is 40.4 Å². The molecule has 16 heteroatoms. The SMILES string of the molecule is COC(=O)c1cc(OC)c2nc(C)ccc2c1.COc1cc(C(=O)O)cc2ccc(C)nc12.Cc1ccc2cc(C(=O)O)cc(O)c2n1.Nc1ccc(C(=O)O)cc1O. The highest BCUT2D eigenvalue weighted by Crippen LogP contribution is 2.28. The molecule has 59 heavy (non-hydrogen) atoms. The topological polar surface area (TPSA) is 262 Å². The number of phenols is 2. The Balaban J connectivity index is 0.000000176. The smallest absolute Gasteiger partial charge is 0.338 e. The van der Waals surface area contributed by atoms with E-state index in [-0.39, 0.29) is 39.8 Å². The summed E-state index contributed by atoms with van der Waals surface area (Å²) in [6.07, 6.45) is 0. The molecule has 304 valence electrons. The second kappa shape index (κ2) is 19.2. The fraction of sp³-hybridized carbons (Fsp3) is 0.140. The molecule has 3 heterocycles. The predicted octanol–water partition coefficient (Wildman–Crippen LogP) is 7.21. The summed E-state index contributed by atoms with van der Waals surface area (Å²) in [5.74, 6) is -2.75. The van der Waals surface area contributed by atoms with E-state index in [0.29, 0.717) is 33.5 Å². The number of esters is 1. The van der Waals surface area contributed by atoms with Gasteiger partial charge in [0.1, 0.15) is 39.5 Å². The van der Waals surface area contributed by atoms with Crippen LogP contribution in [0.2, 0.25) is 0 Å². The van der Waals surface area contributed by atoms with Crippen LogP contribution in [0.3, 0.4) is 0 Å². The zero-order valence-electron chi connectivity index (χ0n) is 32.7. The molecule has 0 aliphatic heterocycles. The molecule has 4 aromatic carbocycles. The summed E-state index contributed by atoms with van der Waals surface area (Å²) in [6, 6.07) is 23.9.